The number of rotatable bonds is 4. The zero-order valence-electron chi connectivity index (χ0n) is 10.7. The monoisotopic (exact) mass is 311 g/mol. The van der Waals surface area contributed by atoms with Gasteiger partial charge in [-0.05, 0) is 37.3 Å². The summed E-state index contributed by atoms with van der Waals surface area (Å²) < 4.78 is 27.0. The zero-order valence-corrected chi connectivity index (χ0v) is 12.3. The van der Waals surface area contributed by atoms with Crippen molar-refractivity contribution in [2.75, 3.05) is 4.72 Å². The molecule has 0 aliphatic carbocycles. The van der Waals surface area contributed by atoms with Crippen molar-refractivity contribution in [2.24, 2.45) is 0 Å². The van der Waals surface area contributed by atoms with E-state index in [1.807, 2.05) is 0 Å². The third-order valence-corrected chi connectivity index (χ3v) is 4.41. The van der Waals surface area contributed by atoms with E-state index in [1.54, 1.807) is 31.2 Å². The van der Waals surface area contributed by atoms with Gasteiger partial charge in [0.1, 0.15) is 0 Å². The van der Waals surface area contributed by atoms with Gasteiger partial charge >= 0.3 is 0 Å². The van der Waals surface area contributed by atoms with E-state index in [-0.39, 0.29) is 4.90 Å². The maximum atomic E-state index is 12.3. The number of aliphatic hydroxyl groups is 1. The Morgan fingerprint density at radius 2 is 1.70 bits per heavy atom. The van der Waals surface area contributed by atoms with E-state index in [0.29, 0.717) is 16.3 Å². The molecule has 1 unspecified atom stereocenters. The third-order valence-electron chi connectivity index (χ3n) is 2.78. The Labute approximate surface area is 123 Å². The molecule has 4 nitrogen and oxygen atoms in total. The Morgan fingerprint density at radius 1 is 1.10 bits per heavy atom. The van der Waals surface area contributed by atoms with E-state index < -0.39 is 16.1 Å². The second-order valence-electron chi connectivity index (χ2n) is 4.32. The highest BCUT2D eigenvalue weighted by atomic mass is 35.5. The first-order valence-electron chi connectivity index (χ1n) is 5.95. The Kier molecular flexibility index (Phi) is 4.32. The van der Waals surface area contributed by atoms with Gasteiger partial charge < -0.3 is 5.11 Å². The molecule has 0 aromatic heterocycles. The fraction of sp³-hybridized carbons (Fsp3) is 0.143. The van der Waals surface area contributed by atoms with Gasteiger partial charge in [0.05, 0.1) is 16.7 Å². The average molecular weight is 312 g/mol. The number of aliphatic hydroxyl groups excluding tert-OH is 1. The van der Waals surface area contributed by atoms with E-state index in [2.05, 4.69) is 4.72 Å². The van der Waals surface area contributed by atoms with Crippen molar-refractivity contribution in [1.29, 1.82) is 0 Å². The lowest BCUT2D eigenvalue weighted by Gasteiger charge is -2.14. The fourth-order valence-corrected chi connectivity index (χ4v) is 2.99. The summed E-state index contributed by atoms with van der Waals surface area (Å²) in [7, 11) is -3.71. The predicted molar refractivity (Wildman–Crippen MR) is 79.3 cm³/mol. The molecular formula is C14H14ClNO3S. The van der Waals surface area contributed by atoms with Crippen LogP contribution in [0.5, 0.6) is 0 Å². The van der Waals surface area contributed by atoms with Crippen LogP contribution in [0.3, 0.4) is 0 Å². The molecule has 0 amide bonds. The Morgan fingerprint density at radius 3 is 2.30 bits per heavy atom. The molecule has 0 bridgehead atoms. The maximum absolute atomic E-state index is 12.3. The minimum Gasteiger partial charge on any atom is -0.389 e. The van der Waals surface area contributed by atoms with E-state index in [4.69, 9.17) is 11.6 Å². The second kappa shape index (κ2) is 5.83. The topological polar surface area (TPSA) is 66.4 Å². The van der Waals surface area contributed by atoms with E-state index >= 15 is 0 Å². The molecule has 6 heteroatoms. The third kappa shape index (κ3) is 3.30. The van der Waals surface area contributed by atoms with Crippen LogP contribution in [0.1, 0.15) is 18.6 Å². The largest absolute Gasteiger partial charge is 0.389 e. The van der Waals surface area contributed by atoms with Crippen molar-refractivity contribution >= 4 is 27.3 Å². The lowest BCUT2D eigenvalue weighted by molar-refractivity contribution is 0.200. The molecule has 0 saturated carbocycles. The van der Waals surface area contributed by atoms with Gasteiger partial charge in [0.25, 0.3) is 10.0 Å². The van der Waals surface area contributed by atoms with Crippen LogP contribution in [0.15, 0.2) is 53.4 Å². The van der Waals surface area contributed by atoms with Gasteiger partial charge in [-0.25, -0.2) is 8.42 Å². The number of benzene rings is 2. The van der Waals surface area contributed by atoms with Crippen molar-refractivity contribution in [1.82, 2.24) is 0 Å². The lowest BCUT2D eigenvalue weighted by Crippen LogP contribution is -2.14. The highest BCUT2D eigenvalue weighted by molar-refractivity contribution is 7.92. The molecule has 0 spiro atoms. The lowest BCUT2D eigenvalue weighted by atomic mass is 10.1. The Balaban J connectivity index is 2.36. The van der Waals surface area contributed by atoms with Gasteiger partial charge in [-0.2, -0.15) is 0 Å². The van der Waals surface area contributed by atoms with Crippen LogP contribution >= 0.6 is 11.6 Å². The van der Waals surface area contributed by atoms with Crippen molar-refractivity contribution in [3.63, 3.8) is 0 Å². The summed E-state index contributed by atoms with van der Waals surface area (Å²) in [5.74, 6) is 0. The summed E-state index contributed by atoms with van der Waals surface area (Å²) in [5, 5.41) is 10.1. The van der Waals surface area contributed by atoms with Gasteiger partial charge in [0, 0.05) is 10.6 Å². The first-order valence-corrected chi connectivity index (χ1v) is 7.81. The number of para-hydroxylation sites is 1. The molecule has 0 aliphatic heterocycles. The highest BCUT2D eigenvalue weighted by Gasteiger charge is 2.17. The molecule has 106 valence electrons. The smallest absolute Gasteiger partial charge is 0.261 e. The predicted octanol–water partition coefficient (Wildman–Crippen LogP) is 3.19. The highest BCUT2D eigenvalue weighted by Crippen LogP contribution is 2.25. The summed E-state index contributed by atoms with van der Waals surface area (Å²) in [6.07, 6.45) is -0.765. The number of hydrogen-bond acceptors (Lipinski definition) is 3. The number of anilines is 1. The molecule has 20 heavy (non-hydrogen) atoms. The molecule has 0 aliphatic rings. The van der Waals surface area contributed by atoms with Gasteiger partial charge in [-0.1, -0.05) is 29.8 Å². The van der Waals surface area contributed by atoms with Crippen LogP contribution < -0.4 is 4.72 Å². The maximum Gasteiger partial charge on any atom is 0.261 e. The van der Waals surface area contributed by atoms with Crippen molar-refractivity contribution in [3.05, 3.63) is 59.1 Å². The minimum atomic E-state index is -3.71. The van der Waals surface area contributed by atoms with Gasteiger partial charge in [-0.15, -0.1) is 0 Å². The summed E-state index contributed by atoms with van der Waals surface area (Å²) in [5.41, 5.74) is 0.877. The van der Waals surface area contributed by atoms with Crippen LogP contribution in [0.4, 0.5) is 5.69 Å². The number of hydrogen-bond donors (Lipinski definition) is 2. The summed E-state index contributed by atoms with van der Waals surface area (Å²) in [6, 6.07) is 12.6. The summed E-state index contributed by atoms with van der Waals surface area (Å²) >= 11 is 5.74. The van der Waals surface area contributed by atoms with E-state index in [9.17, 15) is 13.5 Å². The van der Waals surface area contributed by atoms with Gasteiger partial charge in [0.15, 0.2) is 0 Å². The molecule has 2 N–H and O–H groups in total. The summed E-state index contributed by atoms with van der Waals surface area (Å²) in [4.78, 5) is 0.113. The first-order chi connectivity index (χ1) is 9.40. The molecule has 0 radical (unpaired) electrons. The number of nitrogens with one attached hydrogen (secondary N) is 1. The van der Waals surface area contributed by atoms with Gasteiger partial charge in [0.2, 0.25) is 0 Å². The van der Waals surface area contributed by atoms with Crippen molar-refractivity contribution < 1.29 is 13.5 Å². The average Bonchev–Trinajstić information content (AvgIpc) is 2.39. The molecule has 0 fully saturated rings. The summed E-state index contributed by atoms with van der Waals surface area (Å²) in [6.45, 7) is 1.58. The number of sulfonamides is 1. The van der Waals surface area contributed by atoms with E-state index in [0.717, 1.165) is 0 Å². The van der Waals surface area contributed by atoms with Crippen molar-refractivity contribution in [3.8, 4) is 0 Å². The molecule has 2 rings (SSSR count). The standard InChI is InChI=1S/C14H14ClNO3S/c1-10(17)13-4-2-3-5-14(13)16-20(18,19)12-8-6-11(15)7-9-12/h2-10,16-17H,1H3. The molecular weight excluding hydrogens is 298 g/mol. The molecule has 0 heterocycles. The zero-order chi connectivity index (χ0) is 14.8. The van der Waals surface area contributed by atoms with Crippen molar-refractivity contribution in [2.45, 2.75) is 17.9 Å². The van der Waals surface area contributed by atoms with Crippen LogP contribution in [0.2, 0.25) is 5.02 Å². The molecule has 2 aromatic carbocycles. The fourth-order valence-electron chi connectivity index (χ4n) is 1.77. The normalized spacial score (nSPS) is 12.9. The van der Waals surface area contributed by atoms with Crippen LogP contribution in [-0.2, 0) is 10.0 Å². The van der Waals surface area contributed by atoms with Gasteiger partial charge in [-0.3, -0.25) is 4.72 Å². The SMILES string of the molecule is CC(O)c1ccccc1NS(=O)(=O)c1ccc(Cl)cc1. The number of halogens is 1. The minimum absolute atomic E-state index is 0.113. The van der Waals surface area contributed by atoms with Crippen LogP contribution in [0.25, 0.3) is 0 Å². The van der Waals surface area contributed by atoms with Crippen LogP contribution in [0, 0.1) is 0 Å². The first kappa shape index (κ1) is 14.8. The van der Waals surface area contributed by atoms with E-state index in [1.165, 1.54) is 24.3 Å². The molecule has 1 atom stereocenters. The molecule has 2 aromatic rings. The van der Waals surface area contributed by atoms with Crippen LogP contribution in [-0.4, -0.2) is 13.5 Å². The molecule has 0 saturated heterocycles. The second-order valence-corrected chi connectivity index (χ2v) is 6.44. The quantitative estimate of drug-likeness (QED) is 0.911. The Bertz CT molecular complexity index is 697. The Hall–Kier alpha value is -1.56.